The summed E-state index contributed by atoms with van der Waals surface area (Å²) in [4.78, 5) is 25.6. The summed E-state index contributed by atoms with van der Waals surface area (Å²) in [6.07, 6.45) is 82.7. The molecule has 438 valence electrons. The summed E-state index contributed by atoms with van der Waals surface area (Å²) < 4.78 is 23.4. The Morgan fingerprint density at radius 2 is 0.803 bits per heavy atom. The number of rotatable bonds is 56. The number of allylic oxidation sites excluding steroid dienone is 18. The summed E-state index contributed by atoms with van der Waals surface area (Å²) in [7, 11) is 1.27. The number of unbranched alkanes of at least 4 members (excludes halogenated alkanes) is 25. The minimum atomic E-state index is -4.59. The fourth-order valence-corrected chi connectivity index (χ4v) is 9.40. The van der Waals surface area contributed by atoms with Gasteiger partial charge in [0.2, 0.25) is 5.91 Å². The first kappa shape index (κ1) is 73.2. The summed E-state index contributed by atoms with van der Waals surface area (Å²) in [6.45, 7) is 4.59. The lowest BCUT2D eigenvalue weighted by Gasteiger charge is -2.30. The van der Waals surface area contributed by atoms with Gasteiger partial charge < -0.3 is 28.8 Å². The number of hydrogen-bond acceptors (Lipinski definition) is 6. The van der Waals surface area contributed by atoms with E-state index in [1.54, 1.807) is 0 Å². The zero-order chi connectivity index (χ0) is 55.6. The SMILES string of the molecule is CC/C=C\C/C=C\C/C=C\C/C=C\C/C=C\C/C=C\C/C=C\C/C=C\C/C=C\CCCCCC(=O)NC(COP(=O)([O-])OCC[N+](C)(C)C)C(O)CCCCCCCCCCCCCCCCCCCCCCCCC. The van der Waals surface area contributed by atoms with Gasteiger partial charge in [0.25, 0.3) is 7.82 Å². The molecule has 0 saturated carbocycles. The molecule has 0 radical (unpaired) electrons. The average Bonchev–Trinajstić information content (AvgIpc) is 3.38. The van der Waals surface area contributed by atoms with Crippen molar-refractivity contribution in [3.8, 4) is 0 Å². The van der Waals surface area contributed by atoms with E-state index in [-0.39, 0.29) is 19.1 Å². The molecule has 3 unspecified atom stereocenters. The maximum atomic E-state index is 13.0. The van der Waals surface area contributed by atoms with Gasteiger partial charge in [0.05, 0.1) is 39.9 Å². The Bertz CT molecular complexity index is 1600. The summed E-state index contributed by atoms with van der Waals surface area (Å²) in [6, 6.07) is -0.828. The Balaban J connectivity index is 4.25. The van der Waals surface area contributed by atoms with Crippen molar-refractivity contribution in [2.75, 3.05) is 40.9 Å². The van der Waals surface area contributed by atoms with Crippen molar-refractivity contribution in [3.05, 3.63) is 109 Å². The number of amides is 1. The Labute approximate surface area is 470 Å². The topological polar surface area (TPSA) is 108 Å². The van der Waals surface area contributed by atoms with E-state index in [1.807, 2.05) is 21.1 Å². The Kier molecular flexibility index (Phi) is 54.7. The van der Waals surface area contributed by atoms with Gasteiger partial charge in [0.1, 0.15) is 13.2 Å². The van der Waals surface area contributed by atoms with Crippen LogP contribution in [0.5, 0.6) is 0 Å². The zero-order valence-corrected chi connectivity index (χ0v) is 50.8. The molecule has 0 aliphatic heterocycles. The quantitative estimate of drug-likeness (QED) is 0.0272. The number of aliphatic hydroxyl groups excluding tert-OH is 1. The number of quaternary nitrogens is 1. The van der Waals surface area contributed by atoms with Crippen LogP contribution in [0.25, 0.3) is 0 Å². The number of nitrogens with zero attached hydrogens (tertiary/aromatic N) is 1. The highest BCUT2D eigenvalue weighted by Crippen LogP contribution is 2.38. The molecule has 0 aliphatic carbocycles. The fraction of sp³-hybridized carbons (Fsp3) is 0.716. The van der Waals surface area contributed by atoms with E-state index in [1.165, 1.54) is 128 Å². The predicted molar refractivity (Wildman–Crippen MR) is 329 cm³/mol. The van der Waals surface area contributed by atoms with Crippen molar-refractivity contribution < 1.29 is 32.9 Å². The van der Waals surface area contributed by atoms with Gasteiger partial charge in [0, 0.05) is 6.42 Å². The first-order chi connectivity index (χ1) is 37.0. The van der Waals surface area contributed by atoms with Crippen LogP contribution in [0.15, 0.2) is 109 Å². The van der Waals surface area contributed by atoms with E-state index in [9.17, 15) is 19.4 Å². The van der Waals surface area contributed by atoms with Crippen LogP contribution in [0, 0.1) is 0 Å². The normalized spacial score (nSPS) is 14.6. The van der Waals surface area contributed by atoms with Gasteiger partial charge in [-0.15, -0.1) is 0 Å². The lowest BCUT2D eigenvalue weighted by molar-refractivity contribution is -0.870. The molecule has 0 saturated heterocycles. The van der Waals surface area contributed by atoms with Crippen LogP contribution in [0.3, 0.4) is 0 Å². The molecule has 0 aromatic rings. The third-order valence-electron chi connectivity index (χ3n) is 13.5. The van der Waals surface area contributed by atoms with Gasteiger partial charge in [-0.25, -0.2) is 0 Å². The lowest BCUT2D eigenvalue weighted by Crippen LogP contribution is -2.46. The molecule has 1 amide bonds. The second-order valence-electron chi connectivity index (χ2n) is 22.0. The molecule has 0 heterocycles. The van der Waals surface area contributed by atoms with Crippen molar-refractivity contribution in [3.63, 3.8) is 0 Å². The number of hydrogen-bond donors (Lipinski definition) is 2. The van der Waals surface area contributed by atoms with E-state index in [2.05, 4.69) is 129 Å². The number of phosphoric ester groups is 1. The van der Waals surface area contributed by atoms with Gasteiger partial charge in [-0.05, 0) is 83.5 Å². The van der Waals surface area contributed by atoms with E-state index >= 15 is 0 Å². The van der Waals surface area contributed by atoms with Crippen molar-refractivity contribution in [1.82, 2.24) is 5.32 Å². The van der Waals surface area contributed by atoms with Crippen LogP contribution >= 0.6 is 7.82 Å². The van der Waals surface area contributed by atoms with E-state index < -0.39 is 20.0 Å². The Morgan fingerprint density at radius 3 is 1.16 bits per heavy atom. The minimum absolute atomic E-state index is 0.000306. The average molecular weight is 1080 g/mol. The Hall–Kier alpha value is -2.84. The molecule has 9 heteroatoms. The second-order valence-corrected chi connectivity index (χ2v) is 23.4. The fourth-order valence-electron chi connectivity index (χ4n) is 8.68. The number of carbonyl (C=O) groups excluding carboxylic acids is 1. The molecule has 0 aromatic carbocycles. The summed E-state index contributed by atoms with van der Waals surface area (Å²) >= 11 is 0. The summed E-state index contributed by atoms with van der Waals surface area (Å²) in [5.74, 6) is -0.198. The number of phosphoric acid groups is 1. The first-order valence-electron chi connectivity index (χ1n) is 31.2. The highest BCUT2D eigenvalue weighted by atomic mass is 31.2. The molecular weight excluding hydrogens is 960 g/mol. The molecule has 0 fully saturated rings. The summed E-state index contributed by atoms with van der Waals surface area (Å²) in [5.41, 5.74) is 0. The standard InChI is InChI=1S/C67H119N2O6P/c1-6-8-10-12-14-16-18-20-22-24-26-28-30-31-32-33-34-35-36-37-39-41-43-45-47-49-51-53-55-57-59-61-67(71)68-65(64-75-76(72,73)74-63-62-69(3,4)5)66(70)60-58-56-54-52-50-48-46-44-42-40-38-29-27-25-23-21-19-17-15-13-11-9-7-2/h8,10,14,16,20,22,26,28,31-32,34-35,37,39,43,45,49,51,65-66,70H,6-7,9,11-13,15,17-19,21,23-25,27,29-30,33,36,38,40-42,44,46-48,50,52-64H2,1-5H3,(H-,68,71,72,73)/b10-8-,16-14-,22-20-,28-26-,32-31-,35-34-,39-37-,45-43-,51-49-. The third-order valence-corrected chi connectivity index (χ3v) is 14.5. The molecule has 2 N–H and O–H groups in total. The van der Waals surface area contributed by atoms with E-state index in [0.29, 0.717) is 23.9 Å². The largest absolute Gasteiger partial charge is 0.756 e. The van der Waals surface area contributed by atoms with Crippen LogP contribution in [0.1, 0.15) is 258 Å². The first-order valence-corrected chi connectivity index (χ1v) is 32.7. The Morgan fingerprint density at radius 1 is 0.474 bits per heavy atom. The van der Waals surface area contributed by atoms with Crippen molar-refractivity contribution >= 4 is 13.7 Å². The number of aliphatic hydroxyl groups is 1. The van der Waals surface area contributed by atoms with Gasteiger partial charge in [-0.3, -0.25) is 9.36 Å². The van der Waals surface area contributed by atoms with Crippen LogP contribution in [-0.2, 0) is 18.4 Å². The van der Waals surface area contributed by atoms with Gasteiger partial charge in [-0.1, -0.05) is 277 Å². The molecule has 0 spiro atoms. The predicted octanol–water partition coefficient (Wildman–Crippen LogP) is 18.9. The van der Waals surface area contributed by atoms with Crippen LogP contribution in [-0.4, -0.2) is 68.5 Å². The van der Waals surface area contributed by atoms with Crippen LogP contribution < -0.4 is 10.2 Å². The second kappa shape index (κ2) is 56.9. The molecule has 3 atom stereocenters. The van der Waals surface area contributed by atoms with Gasteiger partial charge in [-0.2, -0.15) is 0 Å². The number of likely N-dealkylation sites (N-methyl/N-ethyl adjacent to an activating group) is 1. The molecule has 76 heavy (non-hydrogen) atoms. The molecular formula is C67H119N2O6P. The van der Waals surface area contributed by atoms with E-state index in [0.717, 1.165) is 103 Å². The van der Waals surface area contributed by atoms with Gasteiger partial charge >= 0.3 is 0 Å². The van der Waals surface area contributed by atoms with Crippen LogP contribution in [0.2, 0.25) is 0 Å². The minimum Gasteiger partial charge on any atom is -0.756 e. The molecule has 0 rings (SSSR count). The van der Waals surface area contributed by atoms with Crippen molar-refractivity contribution in [2.45, 2.75) is 270 Å². The lowest BCUT2D eigenvalue weighted by atomic mass is 10.0. The zero-order valence-electron chi connectivity index (χ0n) is 49.9. The maximum Gasteiger partial charge on any atom is 0.268 e. The molecule has 8 nitrogen and oxygen atoms in total. The maximum absolute atomic E-state index is 13.0. The van der Waals surface area contributed by atoms with Gasteiger partial charge in [0.15, 0.2) is 0 Å². The summed E-state index contributed by atoms with van der Waals surface area (Å²) in [5, 5.41) is 14.0. The molecule has 0 aromatic heterocycles. The molecule has 0 bridgehead atoms. The van der Waals surface area contributed by atoms with E-state index in [4.69, 9.17) is 9.05 Å². The van der Waals surface area contributed by atoms with Crippen molar-refractivity contribution in [2.24, 2.45) is 0 Å². The number of carbonyl (C=O) groups is 1. The highest BCUT2D eigenvalue weighted by Gasteiger charge is 2.24. The highest BCUT2D eigenvalue weighted by molar-refractivity contribution is 7.45. The monoisotopic (exact) mass is 1080 g/mol. The number of nitrogens with one attached hydrogen (secondary N) is 1. The van der Waals surface area contributed by atoms with Crippen LogP contribution in [0.4, 0.5) is 0 Å². The molecule has 0 aliphatic rings. The van der Waals surface area contributed by atoms with Crippen molar-refractivity contribution in [1.29, 1.82) is 0 Å². The third kappa shape index (κ3) is 58.8. The smallest absolute Gasteiger partial charge is 0.268 e.